The lowest BCUT2D eigenvalue weighted by Crippen LogP contribution is -2.51. The van der Waals surface area contributed by atoms with Gasteiger partial charge in [0.1, 0.15) is 0 Å². The van der Waals surface area contributed by atoms with Crippen LogP contribution in [0.25, 0.3) is 0 Å². The molecule has 0 atom stereocenters. The van der Waals surface area contributed by atoms with Gasteiger partial charge in [-0.05, 0) is 24.8 Å². The van der Waals surface area contributed by atoms with E-state index in [1.807, 2.05) is 37.3 Å². The molecular weight excluding hydrogens is 363 g/mol. The standard InChI is InChI=1S/C18H24F3N3O3/c1-2-10-24(17(26)22-13-14-6-4-3-5-7-14)15-8-11-23(12-9-15)27-16(25)18(19,20)21/h3-7,15H,2,8-13H2,1H3,(H,22,26). The highest BCUT2D eigenvalue weighted by Crippen LogP contribution is 2.21. The van der Waals surface area contributed by atoms with E-state index in [0.717, 1.165) is 17.0 Å². The van der Waals surface area contributed by atoms with E-state index in [9.17, 15) is 22.8 Å². The average Bonchev–Trinajstić information content (AvgIpc) is 2.65. The lowest BCUT2D eigenvalue weighted by atomic mass is 10.0. The van der Waals surface area contributed by atoms with E-state index in [2.05, 4.69) is 10.2 Å². The molecule has 0 saturated carbocycles. The molecule has 0 radical (unpaired) electrons. The van der Waals surface area contributed by atoms with Gasteiger partial charge in [-0.15, -0.1) is 5.06 Å². The van der Waals surface area contributed by atoms with Crippen LogP contribution in [-0.2, 0) is 16.2 Å². The molecule has 1 aromatic carbocycles. The molecule has 1 aromatic rings. The zero-order chi connectivity index (χ0) is 19.9. The molecule has 150 valence electrons. The van der Waals surface area contributed by atoms with E-state index >= 15 is 0 Å². The number of hydrogen-bond donors (Lipinski definition) is 1. The fourth-order valence-electron chi connectivity index (χ4n) is 2.98. The van der Waals surface area contributed by atoms with Crippen LogP contribution in [0.1, 0.15) is 31.7 Å². The number of benzene rings is 1. The Balaban J connectivity index is 1.86. The van der Waals surface area contributed by atoms with Gasteiger partial charge in [0, 0.05) is 32.2 Å². The first-order chi connectivity index (χ1) is 12.8. The van der Waals surface area contributed by atoms with Crippen LogP contribution in [0.3, 0.4) is 0 Å². The van der Waals surface area contributed by atoms with E-state index < -0.39 is 12.1 Å². The summed E-state index contributed by atoms with van der Waals surface area (Å²) in [5.41, 5.74) is 0.983. The summed E-state index contributed by atoms with van der Waals surface area (Å²) in [4.78, 5) is 29.6. The van der Waals surface area contributed by atoms with Crippen LogP contribution in [0.15, 0.2) is 30.3 Å². The molecule has 1 N–H and O–H groups in total. The first-order valence-electron chi connectivity index (χ1n) is 8.93. The van der Waals surface area contributed by atoms with Gasteiger partial charge in [-0.3, -0.25) is 0 Å². The maximum Gasteiger partial charge on any atom is 0.492 e. The number of nitrogens with one attached hydrogen (secondary N) is 1. The van der Waals surface area contributed by atoms with Crippen LogP contribution in [0.2, 0.25) is 0 Å². The third-order valence-electron chi connectivity index (χ3n) is 4.32. The van der Waals surface area contributed by atoms with Gasteiger partial charge in [0.05, 0.1) is 0 Å². The molecule has 1 fully saturated rings. The maximum absolute atomic E-state index is 12.6. The first-order valence-corrected chi connectivity index (χ1v) is 8.93. The Morgan fingerprint density at radius 3 is 2.41 bits per heavy atom. The van der Waals surface area contributed by atoms with Crippen molar-refractivity contribution in [2.45, 2.75) is 44.9 Å². The highest BCUT2D eigenvalue weighted by atomic mass is 19.4. The third kappa shape index (κ3) is 6.42. The van der Waals surface area contributed by atoms with E-state index in [-0.39, 0.29) is 25.2 Å². The zero-order valence-corrected chi connectivity index (χ0v) is 15.2. The smallest absolute Gasteiger partial charge is 0.361 e. The van der Waals surface area contributed by atoms with Gasteiger partial charge in [0.2, 0.25) is 0 Å². The number of alkyl halides is 3. The number of rotatable bonds is 6. The Morgan fingerprint density at radius 2 is 1.85 bits per heavy atom. The van der Waals surface area contributed by atoms with Crippen molar-refractivity contribution in [1.82, 2.24) is 15.3 Å². The Bertz CT molecular complexity index is 617. The summed E-state index contributed by atoms with van der Waals surface area (Å²) in [5.74, 6) is -2.22. The lowest BCUT2D eigenvalue weighted by Gasteiger charge is -2.37. The number of amides is 2. The summed E-state index contributed by atoms with van der Waals surface area (Å²) in [5, 5.41) is 3.90. The predicted octanol–water partition coefficient (Wildman–Crippen LogP) is 3.09. The van der Waals surface area contributed by atoms with Crippen LogP contribution in [0, 0.1) is 0 Å². The quantitative estimate of drug-likeness (QED) is 0.815. The summed E-state index contributed by atoms with van der Waals surface area (Å²) in [7, 11) is 0. The van der Waals surface area contributed by atoms with E-state index in [4.69, 9.17) is 0 Å². The fourth-order valence-corrected chi connectivity index (χ4v) is 2.98. The molecule has 0 bridgehead atoms. The van der Waals surface area contributed by atoms with Gasteiger partial charge >= 0.3 is 18.2 Å². The minimum absolute atomic E-state index is 0.110. The predicted molar refractivity (Wildman–Crippen MR) is 92.4 cm³/mol. The molecule has 1 aliphatic rings. The second kappa shape index (κ2) is 9.59. The van der Waals surface area contributed by atoms with Crippen molar-refractivity contribution < 1.29 is 27.6 Å². The molecule has 0 spiro atoms. The van der Waals surface area contributed by atoms with Crippen LogP contribution < -0.4 is 5.32 Å². The largest absolute Gasteiger partial charge is 0.492 e. The Kier molecular flexibility index (Phi) is 7.46. The normalized spacial score (nSPS) is 16.0. The highest BCUT2D eigenvalue weighted by molar-refractivity contribution is 5.75. The second-order valence-corrected chi connectivity index (χ2v) is 6.37. The number of carbonyl (C=O) groups excluding carboxylic acids is 2. The van der Waals surface area contributed by atoms with Crippen LogP contribution in [0.5, 0.6) is 0 Å². The van der Waals surface area contributed by atoms with Gasteiger partial charge in [-0.25, -0.2) is 9.59 Å². The molecule has 0 aliphatic carbocycles. The molecule has 2 rings (SSSR count). The monoisotopic (exact) mass is 387 g/mol. The molecule has 0 aromatic heterocycles. The summed E-state index contributed by atoms with van der Waals surface area (Å²) in [6, 6.07) is 9.20. The fraction of sp³-hybridized carbons (Fsp3) is 0.556. The van der Waals surface area contributed by atoms with E-state index in [0.29, 0.717) is 25.9 Å². The third-order valence-corrected chi connectivity index (χ3v) is 4.32. The summed E-state index contributed by atoms with van der Waals surface area (Å²) in [6.07, 6.45) is -3.38. The Hall–Kier alpha value is -2.29. The molecule has 1 saturated heterocycles. The molecule has 1 heterocycles. The summed E-state index contributed by atoms with van der Waals surface area (Å²) < 4.78 is 36.8. The van der Waals surface area contributed by atoms with Gasteiger partial charge in [-0.1, -0.05) is 37.3 Å². The zero-order valence-electron chi connectivity index (χ0n) is 15.2. The molecule has 1 aliphatic heterocycles. The van der Waals surface area contributed by atoms with E-state index in [1.165, 1.54) is 0 Å². The number of carbonyl (C=O) groups is 2. The van der Waals surface area contributed by atoms with Crippen LogP contribution in [0.4, 0.5) is 18.0 Å². The molecule has 9 heteroatoms. The highest BCUT2D eigenvalue weighted by Gasteiger charge is 2.43. The number of hydrogen-bond acceptors (Lipinski definition) is 4. The van der Waals surface area contributed by atoms with Crippen molar-refractivity contribution in [3.63, 3.8) is 0 Å². The number of halogens is 3. The topological polar surface area (TPSA) is 61.9 Å². The van der Waals surface area contributed by atoms with Crippen molar-refractivity contribution in [2.24, 2.45) is 0 Å². The number of hydroxylamine groups is 2. The van der Waals surface area contributed by atoms with Crippen molar-refractivity contribution in [1.29, 1.82) is 0 Å². The van der Waals surface area contributed by atoms with E-state index in [1.54, 1.807) is 4.90 Å². The lowest BCUT2D eigenvalue weighted by molar-refractivity contribution is -0.242. The van der Waals surface area contributed by atoms with Crippen molar-refractivity contribution in [2.75, 3.05) is 19.6 Å². The van der Waals surface area contributed by atoms with Crippen LogP contribution >= 0.6 is 0 Å². The van der Waals surface area contributed by atoms with Crippen molar-refractivity contribution in [3.05, 3.63) is 35.9 Å². The number of piperidine rings is 1. The van der Waals surface area contributed by atoms with Gasteiger partial charge in [0.25, 0.3) is 0 Å². The van der Waals surface area contributed by atoms with Crippen LogP contribution in [-0.4, -0.2) is 53.8 Å². The summed E-state index contributed by atoms with van der Waals surface area (Å²) >= 11 is 0. The Labute approximate surface area is 156 Å². The minimum atomic E-state index is -5.01. The van der Waals surface area contributed by atoms with Gasteiger partial charge < -0.3 is 15.1 Å². The SMILES string of the molecule is CCCN(C(=O)NCc1ccccc1)C1CCN(OC(=O)C(F)(F)F)CC1. The summed E-state index contributed by atoms with van der Waals surface area (Å²) in [6.45, 7) is 3.21. The molecule has 6 nitrogen and oxygen atoms in total. The molecule has 0 unspecified atom stereocenters. The number of urea groups is 1. The van der Waals surface area contributed by atoms with Crippen molar-refractivity contribution >= 4 is 12.0 Å². The Morgan fingerprint density at radius 1 is 1.22 bits per heavy atom. The second-order valence-electron chi connectivity index (χ2n) is 6.37. The maximum atomic E-state index is 12.6. The molecular formula is C18H24F3N3O3. The van der Waals surface area contributed by atoms with Gasteiger partial charge in [-0.2, -0.15) is 13.2 Å². The number of nitrogens with zero attached hydrogens (tertiary/aromatic N) is 2. The molecule has 27 heavy (non-hydrogen) atoms. The minimum Gasteiger partial charge on any atom is -0.361 e. The average molecular weight is 387 g/mol. The van der Waals surface area contributed by atoms with Gasteiger partial charge in [0.15, 0.2) is 0 Å². The van der Waals surface area contributed by atoms with Crippen molar-refractivity contribution in [3.8, 4) is 0 Å². The first kappa shape index (κ1) is 21.0. The molecule has 2 amide bonds.